The van der Waals surface area contributed by atoms with Gasteiger partial charge in [-0.15, -0.1) is 0 Å². The fourth-order valence-corrected chi connectivity index (χ4v) is 4.98. The quantitative estimate of drug-likeness (QED) is 0.880. The predicted molar refractivity (Wildman–Crippen MR) is 97.4 cm³/mol. The van der Waals surface area contributed by atoms with Crippen LogP contribution in [0.15, 0.2) is 12.1 Å². The first-order valence-electron chi connectivity index (χ1n) is 9.86. The van der Waals surface area contributed by atoms with Crippen molar-refractivity contribution in [2.45, 2.75) is 64.0 Å². The molecule has 0 unspecified atom stereocenters. The maximum Gasteiger partial charge on any atom is 0.230 e. The Morgan fingerprint density at radius 2 is 1.96 bits per heavy atom. The zero-order valence-corrected chi connectivity index (χ0v) is 15.5. The molecule has 1 N–H and O–H groups in total. The molecule has 2 aliphatic heterocycles. The van der Waals surface area contributed by atoms with Gasteiger partial charge in [0.05, 0.1) is 17.2 Å². The summed E-state index contributed by atoms with van der Waals surface area (Å²) >= 11 is 0. The molecule has 4 rings (SSSR count). The van der Waals surface area contributed by atoms with Crippen molar-refractivity contribution in [1.82, 2.24) is 9.88 Å². The Bertz CT molecular complexity index is 690. The van der Waals surface area contributed by atoms with Gasteiger partial charge >= 0.3 is 0 Å². The van der Waals surface area contributed by atoms with Gasteiger partial charge in [-0.2, -0.15) is 0 Å². The molecular weight excluding hydrogens is 333 g/mol. The largest absolute Gasteiger partial charge is 0.393 e. The number of nitrogens with zero attached hydrogens (tertiary/aromatic N) is 3. The summed E-state index contributed by atoms with van der Waals surface area (Å²) in [6.45, 7) is 4.04. The van der Waals surface area contributed by atoms with E-state index in [-0.39, 0.29) is 29.3 Å². The second-order valence-corrected chi connectivity index (χ2v) is 8.25. The second-order valence-electron chi connectivity index (χ2n) is 8.25. The molecule has 3 aliphatic rings. The maximum atomic E-state index is 13.5. The maximum absolute atomic E-state index is 13.5. The molecule has 1 aliphatic carbocycles. The van der Waals surface area contributed by atoms with Gasteiger partial charge in [0.15, 0.2) is 0 Å². The molecule has 5 nitrogen and oxygen atoms in total. The van der Waals surface area contributed by atoms with Gasteiger partial charge in [0, 0.05) is 25.7 Å². The van der Waals surface area contributed by atoms with Gasteiger partial charge in [0.2, 0.25) is 5.91 Å². The van der Waals surface area contributed by atoms with E-state index in [1.165, 1.54) is 6.07 Å². The molecule has 0 aromatic carbocycles. The van der Waals surface area contributed by atoms with Gasteiger partial charge in [-0.3, -0.25) is 4.79 Å². The Labute approximate surface area is 154 Å². The van der Waals surface area contributed by atoms with Crippen LogP contribution >= 0.6 is 0 Å². The first kappa shape index (κ1) is 17.7. The molecule has 1 aromatic heterocycles. The first-order chi connectivity index (χ1) is 12.5. The summed E-state index contributed by atoms with van der Waals surface area (Å²) in [6, 6.07) is 3.47. The monoisotopic (exact) mass is 361 g/mol. The molecule has 3 fully saturated rings. The van der Waals surface area contributed by atoms with Crippen LogP contribution in [-0.4, -0.2) is 52.7 Å². The molecule has 0 bridgehead atoms. The molecule has 26 heavy (non-hydrogen) atoms. The second kappa shape index (κ2) is 6.80. The molecule has 142 valence electrons. The van der Waals surface area contributed by atoms with E-state index < -0.39 is 0 Å². The Morgan fingerprint density at radius 3 is 2.69 bits per heavy atom. The Hall–Kier alpha value is -1.69. The molecule has 1 spiro atoms. The number of aromatic nitrogens is 1. The first-order valence-corrected chi connectivity index (χ1v) is 9.86. The fraction of sp³-hybridized carbons (Fsp3) is 0.700. The summed E-state index contributed by atoms with van der Waals surface area (Å²) in [6.07, 6.45) is 5.99. The summed E-state index contributed by atoms with van der Waals surface area (Å²) in [4.78, 5) is 21.9. The van der Waals surface area contributed by atoms with Crippen molar-refractivity contribution < 1.29 is 14.3 Å². The van der Waals surface area contributed by atoms with E-state index in [0.29, 0.717) is 12.2 Å². The van der Waals surface area contributed by atoms with Gasteiger partial charge in [-0.05, 0) is 64.0 Å². The number of carbonyl (C=O) groups is 1. The number of anilines is 1. The van der Waals surface area contributed by atoms with Crippen molar-refractivity contribution in [1.29, 1.82) is 0 Å². The van der Waals surface area contributed by atoms with Crippen LogP contribution in [0.2, 0.25) is 0 Å². The normalized spacial score (nSPS) is 32.5. The van der Waals surface area contributed by atoms with Crippen LogP contribution in [0, 0.1) is 18.2 Å². The Morgan fingerprint density at radius 1 is 1.19 bits per heavy atom. The van der Waals surface area contributed by atoms with E-state index in [1.807, 2.05) is 0 Å². The number of pyridine rings is 1. The van der Waals surface area contributed by atoms with E-state index in [2.05, 4.69) is 14.8 Å². The SMILES string of the molecule is Cc1nc(N2CCC[C@]3(CCN(C4CCC(O)CC4)C3=O)C2)ccc1F. The minimum atomic E-state index is -0.321. The van der Waals surface area contributed by atoms with Crippen molar-refractivity contribution in [3.63, 3.8) is 0 Å². The van der Waals surface area contributed by atoms with Crippen LogP contribution in [-0.2, 0) is 4.79 Å². The minimum absolute atomic E-state index is 0.198. The number of carbonyl (C=O) groups excluding carboxylic acids is 1. The molecule has 1 aromatic rings. The zero-order chi connectivity index (χ0) is 18.3. The van der Waals surface area contributed by atoms with Gasteiger partial charge < -0.3 is 14.9 Å². The highest BCUT2D eigenvalue weighted by molar-refractivity contribution is 5.86. The van der Waals surface area contributed by atoms with Crippen molar-refractivity contribution in [3.8, 4) is 0 Å². The van der Waals surface area contributed by atoms with Crippen LogP contribution in [0.5, 0.6) is 0 Å². The highest BCUT2D eigenvalue weighted by Gasteiger charge is 2.50. The van der Waals surface area contributed by atoms with Crippen LogP contribution in [0.1, 0.15) is 50.6 Å². The number of halogens is 1. The third kappa shape index (κ3) is 3.08. The molecule has 3 heterocycles. The molecule has 1 amide bonds. The van der Waals surface area contributed by atoms with E-state index >= 15 is 0 Å². The van der Waals surface area contributed by atoms with Crippen LogP contribution in [0.3, 0.4) is 0 Å². The lowest BCUT2D eigenvalue weighted by atomic mass is 9.78. The molecule has 1 saturated carbocycles. The summed E-state index contributed by atoms with van der Waals surface area (Å²) in [5, 5.41) is 9.74. The van der Waals surface area contributed by atoms with Crippen LogP contribution < -0.4 is 4.90 Å². The molecule has 2 saturated heterocycles. The lowest BCUT2D eigenvalue weighted by Gasteiger charge is -2.41. The predicted octanol–water partition coefficient (Wildman–Crippen LogP) is 2.65. The topological polar surface area (TPSA) is 56.7 Å². The van der Waals surface area contributed by atoms with E-state index in [4.69, 9.17) is 0 Å². The van der Waals surface area contributed by atoms with E-state index in [1.54, 1.807) is 13.0 Å². The van der Waals surface area contributed by atoms with Crippen molar-refractivity contribution >= 4 is 11.7 Å². The molecular formula is C20H28FN3O2. The number of aryl methyl sites for hydroxylation is 1. The van der Waals surface area contributed by atoms with Crippen molar-refractivity contribution in [2.75, 3.05) is 24.5 Å². The number of likely N-dealkylation sites (tertiary alicyclic amines) is 1. The number of hydrogen-bond donors (Lipinski definition) is 1. The smallest absolute Gasteiger partial charge is 0.230 e. The number of piperidine rings is 1. The van der Waals surface area contributed by atoms with E-state index in [9.17, 15) is 14.3 Å². The fourth-order valence-electron chi connectivity index (χ4n) is 4.98. The number of rotatable bonds is 2. The highest BCUT2D eigenvalue weighted by Crippen LogP contribution is 2.43. The van der Waals surface area contributed by atoms with Gasteiger partial charge in [0.25, 0.3) is 0 Å². The van der Waals surface area contributed by atoms with Gasteiger partial charge in [-0.25, -0.2) is 9.37 Å². The number of amides is 1. The van der Waals surface area contributed by atoms with Crippen LogP contribution in [0.4, 0.5) is 10.2 Å². The Kier molecular flexibility index (Phi) is 4.63. The van der Waals surface area contributed by atoms with Crippen molar-refractivity contribution in [2.24, 2.45) is 5.41 Å². The summed E-state index contributed by atoms with van der Waals surface area (Å²) in [5.41, 5.74) is 0.0837. The lowest BCUT2D eigenvalue weighted by Crippen LogP contribution is -2.50. The Balaban J connectivity index is 1.49. The zero-order valence-electron chi connectivity index (χ0n) is 15.5. The van der Waals surface area contributed by atoms with Gasteiger partial charge in [-0.1, -0.05) is 0 Å². The minimum Gasteiger partial charge on any atom is -0.393 e. The standard InChI is InChI=1S/C20H28FN3O2/c1-14-17(21)7-8-18(22-14)23-11-2-9-20(13-23)10-12-24(19(20)26)15-3-5-16(25)6-4-15/h7-8,15-16,25H,2-6,9-13H2,1H3/t15?,16?,20-/m0/s1. The summed E-state index contributed by atoms with van der Waals surface area (Å²) in [7, 11) is 0. The van der Waals surface area contributed by atoms with Crippen molar-refractivity contribution in [3.05, 3.63) is 23.6 Å². The molecule has 1 atom stereocenters. The lowest BCUT2D eigenvalue weighted by molar-refractivity contribution is -0.139. The van der Waals surface area contributed by atoms with E-state index in [0.717, 1.165) is 63.9 Å². The summed E-state index contributed by atoms with van der Waals surface area (Å²) in [5.74, 6) is 0.764. The van der Waals surface area contributed by atoms with Gasteiger partial charge in [0.1, 0.15) is 11.6 Å². The average Bonchev–Trinajstić information content (AvgIpc) is 2.94. The molecule has 6 heteroatoms. The number of hydrogen-bond acceptors (Lipinski definition) is 4. The molecule has 0 radical (unpaired) electrons. The van der Waals surface area contributed by atoms with Crippen LogP contribution in [0.25, 0.3) is 0 Å². The average molecular weight is 361 g/mol. The highest BCUT2D eigenvalue weighted by atomic mass is 19.1. The third-order valence-electron chi connectivity index (χ3n) is 6.56. The number of aliphatic hydroxyl groups excluding tert-OH is 1. The third-order valence-corrected chi connectivity index (χ3v) is 6.56. The number of aliphatic hydroxyl groups is 1. The summed E-state index contributed by atoms with van der Waals surface area (Å²) < 4.78 is 13.5.